The number of alkyl halides is 3. The number of benzene rings is 1. The number of anilines is 2. The van der Waals surface area contributed by atoms with E-state index in [0.717, 1.165) is 39.9 Å². The maximum atomic E-state index is 14.4. The molecule has 5 heterocycles. The zero-order valence-electron chi connectivity index (χ0n) is 28.2. The summed E-state index contributed by atoms with van der Waals surface area (Å²) in [5, 5.41) is 6.97. The minimum absolute atomic E-state index is 0.000400. The number of nitrogens with zero attached hydrogens (tertiary/aromatic N) is 6. The highest BCUT2D eigenvalue weighted by Crippen LogP contribution is 2.35. The van der Waals surface area contributed by atoms with Crippen molar-refractivity contribution in [2.75, 3.05) is 36.5 Å². The van der Waals surface area contributed by atoms with E-state index in [-0.39, 0.29) is 42.2 Å². The molecule has 4 aromatic rings. The second kappa shape index (κ2) is 13.5. The molecule has 6 rings (SSSR count). The predicted molar refractivity (Wildman–Crippen MR) is 183 cm³/mol. The molecule has 2 aliphatic rings. The first-order valence-electron chi connectivity index (χ1n) is 16.2. The normalized spacial score (nSPS) is 16.9. The number of halogens is 4. The number of piperazine rings is 1. The van der Waals surface area contributed by atoms with Gasteiger partial charge in [-0.25, -0.2) is 4.79 Å². The molecule has 2 amide bonds. The minimum Gasteiger partial charge on any atom is -0.444 e. The van der Waals surface area contributed by atoms with E-state index in [0.29, 0.717) is 43.4 Å². The van der Waals surface area contributed by atoms with Crippen molar-refractivity contribution >= 4 is 52.1 Å². The molecule has 12 nitrogen and oxygen atoms in total. The number of rotatable bonds is 6. The number of aromatic nitrogens is 4. The molecule has 1 N–H and O–H groups in total. The first kappa shape index (κ1) is 35.7. The van der Waals surface area contributed by atoms with E-state index >= 15 is 0 Å². The van der Waals surface area contributed by atoms with Gasteiger partial charge in [-0.05, 0) is 70.4 Å². The van der Waals surface area contributed by atoms with Crippen LogP contribution in [0.4, 0.5) is 29.3 Å². The molecule has 268 valence electrons. The molecule has 1 aromatic carbocycles. The second-order valence-electron chi connectivity index (χ2n) is 13.3. The van der Waals surface area contributed by atoms with Crippen molar-refractivity contribution < 1.29 is 32.2 Å². The van der Waals surface area contributed by atoms with Crippen LogP contribution >= 0.6 is 22.9 Å². The summed E-state index contributed by atoms with van der Waals surface area (Å²) in [6.07, 6.45) is -3.98. The van der Waals surface area contributed by atoms with Crippen molar-refractivity contribution in [1.29, 1.82) is 0 Å². The van der Waals surface area contributed by atoms with E-state index in [4.69, 9.17) is 26.1 Å². The van der Waals surface area contributed by atoms with Gasteiger partial charge in [-0.3, -0.25) is 9.59 Å². The zero-order chi connectivity index (χ0) is 36.1. The lowest BCUT2D eigenvalue weighted by Gasteiger charge is -2.41. The number of fused-ring (bicyclic) bond motifs is 2. The minimum atomic E-state index is -4.60. The Labute approximate surface area is 294 Å². The number of thiophene rings is 1. The van der Waals surface area contributed by atoms with Crippen LogP contribution in [-0.2, 0) is 46.4 Å². The van der Waals surface area contributed by atoms with Gasteiger partial charge in [0.15, 0.2) is 5.82 Å². The SMILES string of the molecule is CCc1c(N2CCN(C(=O)OC(C)(C)C)C[C@@H]2C)c(=O)n2nc(-c3cc4c(s3)COCC4)nc2n1CC(=O)Nc1ccc(C(F)(F)F)cc1Cl. The topological polar surface area (TPSA) is 123 Å². The zero-order valence-corrected chi connectivity index (χ0v) is 29.8. The van der Waals surface area contributed by atoms with Crippen LogP contribution in [0.1, 0.15) is 56.3 Å². The summed E-state index contributed by atoms with van der Waals surface area (Å²) in [6.45, 7) is 10.7. The summed E-state index contributed by atoms with van der Waals surface area (Å²) in [6, 6.07) is 4.36. The monoisotopic (exact) mass is 735 g/mol. The van der Waals surface area contributed by atoms with Crippen LogP contribution in [0.5, 0.6) is 0 Å². The molecule has 0 saturated carbocycles. The standard InChI is InChI=1S/C33H37ClF3N7O5S/c1-6-23-27(42-11-10-41(15-18(42)2)31(47)49-32(3,4)5)29(46)44-30(39-28(40-44)24-13-19-9-12-48-17-25(19)50-24)43(23)16-26(45)38-22-8-7-20(14-21(22)34)33(35,36)37/h7-8,13-14,18H,6,9-12,15-17H2,1-5H3,(H,38,45)/t18-/m0/s1. The van der Waals surface area contributed by atoms with Crippen molar-refractivity contribution in [1.82, 2.24) is 24.1 Å². The molecule has 0 bridgehead atoms. The van der Waals surface area contributed by atoms with E-state index in [1.54, 1.807) is 30.2 Å². The Hall–Kier alpha value is -4.15. The second-order valence-corrected chi connectivity index (χ2v) is 14.8. The molecule has 0 radical (unpaired) electrons. The fourth-order valence-corrected chi connectivity index (χ4v) is 7.48. The molecule has 3 aromatic heterocycles. The summed E-state index contributed by atoms with van der Waals surface area (Å²) < 4.78 is 53.6. The average molecular weight is 736 g/mol. The van der Waals surface area contributed by atoms with Gasteiger partial charge in [-0.2, -0.15) is 22.7 Å². The van der Waals surface area contributed by atoms with Crippen molar-refractivity contribution in [2.24, 2.45) is 0 Å². The number of nitrogens with one attached hydrogen (secondary N) is 1. The molecule has 1 fully saturated rings. The van der Waals surface area contributed by atoms with Crippen LogP contribution in [0.3, 0.4) is 0 Å². The fraction of sp³-hybridized carbons (Fsp3) is 0.485. The number of carbonyl (C=O) groups is 2. The molecule has 2 aliphatic heterocycles. The molecule has 1 atom stereocenters. The molecule has 0 unspecified atom stereocenters. The molecule has 0 aliphatic carbocycles. The van der Waals surface area contributed by atoms with Crippen LogP contribution in [0.2, 0.25) is 5.02 Å². The van der Waals surface area contributed by atoms with Gasteiger partial charge in [0.25, 0.3) is 5.56 Å². The highest BCUT2D eigenvalue weighted by atomic mass is 35.5. The Morgan fingerprint density at radius 2 is 1.94 bits per heavy atom. The molecular formula is C33H37ClF3N7O5S. The Balaban J connectivity index is 1.40. The van der Waals surface area contributed by atoms with Gasteiger partial charge in [0.2, 0.25) is 11.7 Å². The van der Waals surface area contributed by atoms with E-state index in [1.807, 2.05) is 24.8 Å². The Morgan fingerprint density at radius 1 is 1.18 bits per heavy atom. The van der Waals surface area contributed by atoms with E-state index in [9.17, 15) is 27.6 Å². The van der Waals surface area contributed by atoms with Gasteiger partial charge in [0.05, 0.1) is 40.1 Å². The van der Waals surface area contributed by atoms with Gasteiger partial charge in [-0.15, -0.1) is 16.4 Å². The maximum absolute atomic E-state index is 14.4. The van der Waals surface area contributed by atoms with Crippen molar-refractivity contribution in [3.8, 4) is 10.7 Å². The van der Waals surface area contributed by atoms with Crippen LogP contribution in [0.15, 0.2) is 29.1 Å². The fourth-order valence-electron chi connectivity index (χ4n) is 6.17. The summed E-state index contributed by atoms with van der Waals surface area (Å²) in [4.78, 5) is 50.9. The Bertz CT molecular complexity index is 2000. The van der Waals surface area contributed by atoms with Crippen molar-refractivity contribution in [2.45, 2.75) is 78.4 Å². The third-order valence-electron chi connectivity index (χ3n) is 8.47. The quantitative estimate of drug-likeness (QED) is 0.256. The number of hydrogen-bond acceptors (Lipinski definition) is 9. The van der Waals surface area contributed by atoms with Crippen LogP contribution < -0.4 is 15.8 Å². The lowest BCUT2D eigenvalue weighted by molar-refractivity contribution is -0.137. The summed E-state index contributed by atoms with van der Waals surface area (Å²) in [7, 11) is 0. The third kappa shape index (κ3) is 7.19. The van der Waals surface area contributed by atoms with Gasteiger partial charge in [-0.1, -0.05) is 18.5 Å². The maximum Gasteiger partial charge on any atom is 0.416 e. The number of ether oxygens (including phenoxy) is 2. The van der Waals surface area contributed by atoms with Crippen LogP contribution in [0.25, 0.3) is 16.5 Å². The van der Waals surface area contributed by atoms with E-state index in [2.05, 4.69) is 10.4 Å². The van der Waals surface area contributed by atoms with Crippen LogP contribution in [0, 0.1) is 0 Å². The molecular weight excluding hydrogens is 699 g/mol. The largest absolute Gasteiger partial charge is 0.444 e. The Kier molecular flexibility index (Phi) is 9.65. The summed E-state index contributed by atoms with van der Waals surface area (Å²) in [5.74, 6) is -0.167. The highest BCUT2D eigenvalue weighted by molar-refractivity contribution is 7.15. The molecule has 1 saturated heterocycles. The smallest absolute Gasteiger partial charge is 0.416 e. The van der Waals surface area contributed by atoms with Crippen molar-refractivity contribution in [3.05, 3.63) is 61.3 Å². The third-order valence-corrected chi connectivity index (χ3v) is 9.92. The lowest BCUT2D eigenvalue weighted by Crippen LogP contribution is -2.56. The van der Waals surface area contributed by atoms with Gasteiger partial charge in [0, 0.05) is 30.6 Å². The summed E-state index contributed by atoms with van der Waals surface area (Å²) >= 11 is 7.62. The number of hydrogen-bond donors (Lipinski definition) is 1. The summed E-state index contributed by atoms with van der Waals surface area (Å²) in [5.41, 5.74) is -0.0978. The van der Waals surface area contributed by atoms with Gasteiger partial charge >= 0.3 is 12.3 Å². The lowest BCUT2D eigenvalue weighted by atomic mass is 10.1. The molecule has 50 heavy (non-hydrogen) atoms. The Morgan fingerprint density at radius 3 is 2.58 bits per heavy atom. The average Bonchev–Trinajstić information content (AvgIpc) is 3.67. The number of carbonyl (C=O) groups excluding carboxylic acids is 2. The van der Waals surface area contributed by atoms with Crippen molar-refractivity contribution in [3.63, 3.8) is 0 Å². The predicted octanol–water partition coefficient (Wildman–Crippen LogP) is 6.01. The van der Waals surface area contributed by atoms with E-state index in [1.165, 1.54) is 15.9 Å². The molecule has 17 heteroatoms. The van der Waals surface area contributed by atoms with Gasteiger partial charge in [0.1, 0.15) is 17.8 Å². The highest BCUT2D eigenvalue weighted by Gasteiger charge is 2.35. The first-order chi connectivity index (χ1) is 23.5. The van der Waals surface area contributed by atoms with Gasteiger partial charge < -0.3 is 29.2 Å². The van der Waals surface area contributed by atoms with Crippen LogP contribution in [-0.4, -0.2) is 73.9 Å². The molecule has 0 spiro atoms. The van der Waals surface area contributed by atoms with E-state index < -0.39 is 34.9 Å². The number of amides is 2. The first-order valence-corrected chi connectivity index (χ1v) is 17.4.